The van der Waals surface area contributed by atoms with Crippen LogP contribution in [0.5, 0.6) is 5.75 Å². The van der Waals surface area contributed by atoms with E-state index in [2.05, 4.69) is 41.5 Å². The summed E-state index contributed by atoms with van der Waals surface area (Å²) in [7, 11) is 4.24. The van der Waals surface area contributed by atoms with E-state index in [4.69, 9.17) is 28.2 Å². The minimum Gasteiger partial charge on any atom is -0.505 e. The van der Waals surface area contributed by atoms with Gasteiger partial charge in [0.15, 0.2) is 5.75 Å². The third-order valence-electron chi connectivity index (χ3n) is 7.15. The maximum absolute atomic E-state index is 13.3. The number of phenolic OH excluding ortho intramolecular Hbond substituents is 1. The van der Waals surface area contributed by atoms with Crippen molar-refractivity contribution in [3.05, 3.63) is 46.1 Å². The minimum atomic E-state index is -0.159. The Kier molecular flexibility index (Phi) is 9.69. The van der Waals surface area contributed by atoms with Crippen LogP contribution in [0.1, 0.15) is 62.2 Å². The molecule has 1 aliphatic rings. The predicted molar refractivity (Wildman–Crippen MR) is 156 cm³/mol. The fraction of sp³-hybridized carbons (Fsp3) is 0.483. The van der Waals surface area contributed by atoms with E-state index in [1.54, 1.807) is 18.3 Å². The number of pyridine rings is 2. The van der Waals surface area contributed by atoms with Crippen LogP contribution in [0.2, 0.25) is 10.0 Å². The van der Waals surface area contributed by atoms with Crippen molar-refractivity contribution in [1.29, 1.82) is 0 Å². The van der Waals surface area contributed by atoms with Gasteiger partial charge in [0.2, 0.25) is 0 Å². The second-order valence-corrected chi connectivity index (χ2v) is 11.3. The van der Waals surface area contributed by atoms with Crippen LogP contribution in [0.25, 0.3) is 22.3 Å². The Morgan fingerprint density at radius 2 is 1.82 bits per heavy atom. The van der Waals surface area contributed by atoms with Crippen molar-refractivity contribution in [2.75, 3.05) is 32.5 Å². The molecule has 0 saturated heterocycles. The molecule has 0 bridgehead atoms. The Balaban J connectivity index is 1.69. The van der Waals surface area contributed by atoms with Gasteiger partial charge in [0.1, 0.15) is 5.52 Å². The number of fused-ring (bicyclic) bond motifs is 1. The van der Waals surface area contributed by atoms with Crippen molar-refractivity contribution < 1.29 is 9.90 Å². The third-order valence-corrected chi connectivity index (χ3v) is 7.73. The number of benzene rings is 1. The molecule has 0 unspecified atom stereocenters. The first kappa shape index (κ1) is 28.4. The fourth-order valence-corrected chi connectivity index (χ4v) is 5.63. The van der Waals surface area contributed by atoms with Gasteiger partial charge in [-0.05, 0) is 76.4 Å². The smallest absolute Gasteiger partial charge is 0.255 e. The van der Waals surface area contributed by atoms with Crippen molar-refractivity contribution in [2.24, 2.45) is 5.92 Å². The zero-order valence-corrected chi connectivity index (χ0v) is 23.9. The average molecular weight is 559 g/mol. The van der Waals surface area contributed by atoms with Crippen LogP contribution in [0.4, 0.5) is 5.69 Å². The van der Waals surface area contributed by atoms with E-state index >= 15 is 0 Å². The first-order valence-corrected chi connectivity index (χ1v) is 14.2. The van der Waals surface area contributed by atoms with Gasteiger partial charge in [0.25, 0.3) is 5.91 Å². The van der Waals surface area contributed by atoms with Crippen molar-refractivity contribution >= 4 is 45.8 Å². The van der Waals surface area contributed by atoms with Gasteiger partial charge in [0, 0.05) is 30.9 Å². The highest BCUT2D eigenvalue weighted by atomic mass is 35.5. The Bertz CT molecular complexity index is 1250. The number of carbonyl (C=O) groups excluding carboxylic acids is 1. The quantitative estimate of drug-likeness (QED) is 0.238. The number of amides is 1. The Morgan fingerprint density at radius 3 is 2.47 bits per heavy atom. The average Bonchev–Trinajstić information content (AvgIpc) is 2.90. The molecule has 0 aliphatic heterocycles. The van der Waals surface area contributed by atoms with E-state index in [1.165, 1.54) is 0 Å². The molecule has 9 heteroatoms. The molecule has 0 radical (unpaired) electrons. The maximum atomic E-state index is 13.3. The second-order valence-electron chi connectivity index (χ2n) is 10.5. The topological polar surface area (TPSA) is 90.4 Å². The standard InChI is InChI=1S/C29H37Cl2N5O2/c1-4-5-6-13-32-29(38)21-16-33-25-12-11-24(19-14-22(30)28(37)23(31)15-19)35-27(25)26(21)34-20-9-7-18(8-10-20)17-36(2)3/h11-12,14-16,18,20,37H,4-10,13,17H2,1-3H3,(H,32,38)(H,33,34). The summed E-state index contributed by atoms with van der Waals surface area (Å²) in [6.07, 6.45) is 9.08. The van der Waals surface area contributed by atoms with Crippen LogP contribution >= 0.6 is 23.2 Å². The second kappa shape index (κ2) is 13.0. The number of carbonyl (C=O) groups is 1. The van der Waals surface area contributed by atoms with Gasteiger partial charge in [-0.15, -0.1) is 0 Å². The summed E-state index contributed by atoms with van der Waals surface area (Å²) in [6.45, 7) is 3.86. The highest BCUT2D eigenvalue weighted by molar-refractivity contribution is 6.37. The van der Waals surface area contributed by atoms with Crippen LogP contribution in [-0.2, 0) is 0 Å². The molecular weight excluding hydrogens is 521 g/mol. The summed E-state index contributed by atoms with van der Waals surface area (Å²) in [6, 6.07) is 7.24. The zero-order chi connectivity index (χ0) is 27.2. The molecule has 3 N–H and O–H groups in total. The summed E-state index contributed by atoms with van der Waals surface area (Å²) in [5, 5.41) is 17.0. The van der Waals surface area contributed by atoms with E-state index < -0.39 is 0 Å². The van der Waals surface area contributed by atoms with Crippen molar-refractivity contribution in [3.63, 3.8) is 0 Å². The number of aromatic nitrogens is 2. The summed E-state index contributed by atoms with van der Waals surface area (Å²) in [4.78, 5) is 25.0. The third kappa shape index (κ3) is 6.87. The monoisotopic (exact) mass is 557 g/mol. The number of hydrogen-bond acceptors (Lipinski definition) is 6. The van der Waals surface area contributed by atoms with Crippen LogP contribution in [-0.4, -0.2) is 59.1 Å². The molecule has 1 amide bonds. The summed E-state index contributed by atoms with van der Waals surface area (Å²) >= 11 is 12.4. The molecule has 1 aromatic carbocycles. The Labute approximate surface area is 234 Å². The van der Waals surface area contributed by atoms with Gasteiger partial charge in [0.05, 0.1) is 32.5 Å². The number of phenols is 1. The fourth-order valence-electron chi connectivity index (χ4n) is 5.14. The number of nitrogens with zero attached hydrogens (tertiary/aromatic N) is 3. The van der Waals surface area contributed by atoms with E-state index in [1.807, 2.05) is 12.1 Å². The van der Waals surface area contributed by atoms with E-state index in [9.17, 15) is 9.90 Å². The number of halogens is 2. The number of hydrogen-bond donors (Lipinski definition) is 3. The summed E-state index contributed by atoms with van der Waals surface area (Å²) < 4.78 is 0. The molecule has 1 saturated carbocycles. The number of nitrogens with one attached hydrogen (secondary N) is 2. The van der Waals surface area contributed by atoms with Gasteiger partial charge in [-0.2, -0.15) is 0 Å². The molecule has 204 valence electrons. The first-order valence-electron chi connectivity index (χ1n) is 13.4. The maximum Gasteiger partial charge on any atom is 0.255 e. The van der Waals surface area contributed by atoms with Gasteiger partial charge >= 0.3 is 0 Å². The molecule has 1 fully saturated rings. The van der Waals surface area contributed by atoms with Crippen molar-refractivity contribution in [3.8, 4) is 17.0 Å². The van der Waals surface area contributed by atoms with Crippen molar-refractivity contribution in [2.45, 2.75) is 57.9 Å². The number of rotatable bonds is 10. The SMILES string of the molecule is CCCCCNC(=O)c1cnc2ccc(-c3cc(Cl)c(O)c(Cl)c3)nc2c1NC1CCC(CN(C)C)CC1. The van der Waals surface area contributed by atoms with Crippen LogP contribution in [0.15, 0.2) is 30.5 Å². The van der Waals surface area contributed by atoms with Crippen LogP contribution in [0, 0.1) is 5.92 Å². The molecular formula is C29H37Cl2N5O2. The molecule has 3 aromatic rings. The minimum absolute atomic E-state index is 0.151. The van der Waals surface area contributed by atoms with Crippen LogP contribution < -0.4 is 10.6 Å². The predicted octanol–water partition coefficient (Wildman–Crippen LogP) is 6.76. The first-order chi connectivity index (χ1) is 18.3. The molecule has 2 heterocycles. The molecule has 7 nitrogen and oxygen atoms in total. The van der Waals surface area contributed by atoms with E-state index in [-0.39, 0.29) is 27.7 Å². The Morgan fingerprint density at radius 1 is 1.11 bits per heavy atom. The molecule has 38 heavy (non-hydrogen) atoms. The summed E-state index contributed by atoms with van der Waals surface area (Å²) in [5.74, 6) is 0.378. The summed E-state index contributed by atoms with van der Waals surface area (Å²) in [5.41, 5.74) is 3.81. The van der Waals surface area contributed by atoms with Gasteiger partial charge < -0.3 is 20.6 Å². The van der Waals surface area contributed by atoms with Crippen LogP contribution in [0.3, 0.4) is 0 Å². The van der Waals surface area contributed by atoms with E-state index in [0.29, 0.717) is 46.0 Å². The lowest BCUT2D eigenvalue weighted by Gasteiger charge is -2.31. The lowest BCUT2D eigenvalue weighted by molar-refractivity contribution is 0.0953. The normalized spacial score (nSPS) is 17.6. The highest BCUT2D eigenvalue weighted by Crippen LogP contribution is 2.37. The lowest BCUT2D eigenvalue weighted by Crippen LogP contribution is -2.32. The van der Waals surface area contributed by atoms with Gasteiger partial charge in [-0.25, -0.2) is 4.98 Å². The molecule has 0 atom stereocenters. The number of anilines is 1. The number of unbranched alkanes of at least 4 members (excludes halogenated alkanes) is 2. The van der Waals surface area contributed by atoms with Gasteiger partial charge in [-0.1, -0.05) is 43.0 Å². The molecule has 4 rings (SSSR count). The van der Waals surface area contributed by atoms with E-state index in [0.717, 1.165) is 51.5 Å². The lowest BCUT2D eigenvalue weighted by atomic mass is 9.85. The number of aromatic hydroxyl groups is 1. The molecule has 0 spiro atoms. The molecule has 2 aromatic heterocycles. The largest absolute Gasteiger partial charge is 0.505 e. The van der Waals surface area contributed by atoms with Crippen molar-refractivity contribution in [1.82, 2.24) is 20.2 Å². The van der Waals surface area contributed by atoms with Gasteiger partial charge in [-0.3, -0.25) is 9.78 Å². The zero-order valence-electron chi connectivity index (χ0n) is 22.4. The highest BCUT2D eigenvalue weighted by Gasteiger charge is 2.25. The Hall–Kier alpha value is -2.61. The molecule has 1 aliphatic carbocycles.